The second kappa shape index (κ2) is 7.37. The lowest BCUT2D eigenvalue weighted by Crippen LogP contribution is -2.41. The summed E-state index contributed by atoms with van der Waals surface area (Å²) in [7, 11) is 1.47. The van der Waals surface area contributed by atoms with E-state index in [1.165, 1.54) is 25.6 Å². The minimum atomic E-state index is -0.537. The first-order valence-corrected chi connectivity index (χ1v) is 8.13. The van der Waals surface area contributed by atoms with Crippen LogP contribution in [0.4, 0.5) is 4.39 Å². The van der Waals surface area contributed by atoms with Gasteiger partial charge in [-0.05, 0) is 24.3 Å². The molecule has 0 spiro atoms. The van der Waals surface area contributed by atoms with Gasteiger partial charge in [-0.1, -0.05) is 6.07 Å². The average molecular weight is 359 g/mol. The van der Waals surface area contributed by atoms with Gasteiger partial charge in [0.2, 0.25) is 0 Å². The summed E-state index contributed by atoms with van der Waals surface area (Å²) in [6, 6.07) is 7.83. The van der Waals surface area contributed by atoms with Crippen LogP contribution in [-0.4, -0.2) is 23.9 Å². The van der Waals surface area contributed by atoms with Crippen LogP contribution in [0.15, 0.2) is 42.7 Å². The average Bonchev–Trinajstić information content (AvgIpc) is 3.00. The number of benzene rings is 1. The van der Waals surface area contributed by atoms with Crippen LogP contribution in [0, 0.1) is 5.82 Å². The molecule has 0 atom stereocenters. The lowest BCUT2D eigenvalue weighted by atomic mass is 10.1. The largest absolute Gasteiger partial charge is 0.380 e. The maximum Gasteiger partial charge on any atom is 0.280 e. The number of ether oxygens (including phenoxy) is 1. The zero-order chi connectivity index (χ0) is 17.8. The molecule has 0 radical (unpaired) electrons. The molecule has 0 saturated carbocycles. The zero-order valence-corrected chi connectivity index (χ0v) is 14.0. The quantitative estimate of drug-likeness (QED) is 0.702. The number of thiophene rings is 1. The Bertz CT molecular complexity index is 928. The summed E-state index contributed by atoms with van der Waals surface area (Å²) in [5.74, 6) is -1.45. The number of hydrogen-bond acceptors (Lipinski definition) is 5. The van der Waals surface area contributed by atoms with Crippen molar-refractivity contribution >= 4 is 33.2 Å². The van der Waals surface area contributed by atoms with Gasteiger partial charge in [0.1, 0.15) is 10.7 Å². The highest BCUT2D eigenvalue weighted by Crippen LogP contribution is 2.33. The Balaban J connectivity index is 1.83. The number of carbonyl (C=O) groups excluding carboxylic acids is 2. The molecule has 8 heteroatoms. The topological polar surface area (TPSA) is 80.3 Å². The molecule has 0 unspecified atom stereocenters. The third kappa shape index (κ3) is 3.49. The number of aromatic nitrogens is 1. The molecule has 0 saturated heterocycles. The normalized spacial score (nSPS) is 10.6. The summed E-state index contributed by atoms with van der Waals surface area (Å²) in [6.07, 6.45) is 2.92. The molecule has 0 fully saturated rings. The second-order valence-electron chi connectivity index (χ2n) is 5.11. The van der Waals surface area contributed by atoms with Gasteiger partial charge in [0, 0.05) is 35.2 Å². The van der Waals surface area contributed by atoms with Crippen molar-refractivity contribution in [2.75, 3.05) is 7.11 Å². The first-order chi connectivity index (χ1) is 12.1. The van der Waals surface area contributed by atoms with E-state index in [0.717, 1.165) is 11.3 Å². The van der Waals surface area contributed by atoms with E-state index in [1.54, 1.807) is 24.3 Å². The Hall–Kier alpha value is -2.84. The summed E-state index contributed by atoms with van der Waals surface area (Å²) in [5, 5.41) is 0.359. The summed E-state index contributed by atoms with van der Waals surface area (Å²) in [6.45, 7) is 0.0836. The van der Waals surface area contributed by atoms with Crippen LogP contribution in [0.1, 0.15) is 25.6 Å². The summed E-state index contributed by atoms with van der Waals surface area (Å²) >= 11 is 1.14. The van der Waals surface area contributed by atoms with E-state index in [-0.39, 0.29) is 11.5 Å². The van der Waals surface area contributed by atoms with Gasteiger partial charge >= 0.3 is 0 Å². The molecule has 2 amide bonds. The van der Waals surface area contributed by atoms with Crippen molar-refractivity contribution < 1.29 is 18.7 Å². The summed E-state index contributed by atoms with van der Waals surface area (Å²) < 4.78 is 19.9. The zero-order valence-electron chi connectivity index (χ0n) is 13.2. The molecular weight excluding hydrogens is 345 g/mol. The van der Waals surface area contributed by atoms with Crippen LogP contribution >= 0.6 is 11.3 Å². The predicted octanol–water partition coefficient (Wildman–Crippen LogP) is 2.66. The SMILES string of the molecule is COCc1c(C(=O)NNC(=O)c2cccnc2)sc2cccc(F)c12. The third-order valence-electron chi connectivity index (χ3n) is 3.47. The van der Waals surface area contributed by atoms with Crippen molar-refractivity contribution in [3.05, 3.63) is 64.5 Å². The van der Waals surface area contributed by atoms with Gasteiger partial charge in [0.05, 0.1) is 12.2 Å². The standard InChI is InChI=1S/C17H14FN3O3S/c1-24-9-11-14-12(18)5-2-6-13(14)25-15(11)17(23)21-20-16(22)10-4-3-7-19-8-10/h2-8H,9H2,1H3,(H,20,22)(H,21,23). The van der Waals surface area contributed by atoms with Gasteiger partial charge in [0.15, 0.2) is 0 Å². The van der Waals surface area contributed by atoms with Crippen LogP contribution in [0.25, 0.3) is 10.1 Å². The van der Waals surface area contributed by atoms with Crippen molar-refractivity contribution in [1.82, 2.24) is 15.8 Å². The number of carbonyl (C=O) groups is 2. The minimum Gasteiger partial charge on any atom is -0.380 e. The Labute approximate surface area is 146 Å². The van der Waals surface area contributed by atoms with E-state index in [9.17, 15) is 14.0 Å². The molecule has 0 aliphatic carbocycles. The Morgan fingerprint density at radius 3 is 2.72 bits per heavy atom. The molecule has 25 heavy (non-hydrogen) atoms. The number of nitrogens with zero attached hydrogens (tertiary/aromatic N) is 1. The number of halogens is 1. The fraction of sp³-hybridized carbons (Fsp3) is 0.118. The van der Waals surface area contributed by atoms with E-state index in [4.69, 9.17) is 4.74 Å². The van der Waals surface area contributed by atoms with Crippen molar-refractivity contribution in [2.45, 2.75) is 6.61 Å². The number of rotatable bonds is 4. The Morgan fingerprint density at radius 2 is 2.00 bits per heavy atom. The maximum atomic E-state index is 14.1. The molecule has 2 aromatic heterocycles. The van der Waals surface area contributed by atoms with E-state index in [0.29, 0.717) is 21.2 Å². The van der Waals surface area contributed by atoms with E-state index < -0.39 is 17.6 Å². The van der Waals surface area contributed by atoms with Gasteiger partial charge in [0.25, 0.3) is 11.8 Å². The lowest BCUT2D eigenvalue weighted by Gasteiger charge is -2.08. The highest BCUT2D eigenvalue weighted by molar-refractivity contribution is 7.21. The Kier molecular flexibility index (Phi) is 5.01. The third-order valence-corrected chi connectivity index (χ3v) is 4.67. The predicted molar refractivity (Wildman–Crippen MR) is 91.7 cm³/mol. The number of hydrazine groups is 1. The monoisotopic (exact) mass is 359 g/mol. The molecule has 3 aromatic rings. The van der Waals surface area contributed by atoms with Crippen molar-refractivity contribution in [3.63, 3.8) is 0 Å². The van der Waals surface area contributed by atoms with Gasteiger partial charge < -0.3 is 4.74 Å². The van der Waals surface area contributed by atoms with Crippen LogP contribution in [0.3, 0.4) is 0 Å². The van der Waals surface area contributed by atoms with Crippen LogP contribution in [0.5, 0.6) is 0 Å². The number of nitrogens with one attached hydrogen (secondary N) is 2. The molecule has 0 aliphatic heterocycles. The maximum absolute atomic E-state index is 14.1. The van der Waals surface area contributed by atoms with Crippen molar-refractivity contribution in [1.29, 1.82) is 0 Å². The fourth-order valence-corrected chi connectivity index (χ4v) is 3.49. The van der Waals surface area contributed by atoms with E-state index in [1.807, 2.05) is 0 Å². The smallest absolute Gasteiger partial charge is 0.280 e. The first-order valence-electron chi connectivity index (χ1n) is 7.31. The molecule has 2 N–H and O–H groups in total. The summed E-state index contributed by atoms with van der Waals surface area (Å²) in [4.78, 5) is 28.5. The number of pyridine rings is 1. The molecule has 1 aromatic carbocycles. The minimum absolute atomic E-state index is 0.0836. The molecular formula is C17H14FN3O3S. The van der Waals surface area contributed by atoms with Crippen LogP contribution in [0.2, 0.25) is 0 Å². The molecule has 128 valence electrons. The second-order valence-corrected chi connectivity index (χ2v) is 6.16. The highest BCUT2D eigenvalue weighted by atomic mass is 32.1. The molecule has 0 bridgehead atoms. The van der Waals surface area contributed by atoms with Gasteiger partial charge in [-0.25, -0.2) is 4.39 Å². The van der Waals surface area contributed by atoms with Gasteiger partial charge in [-0.2, -0.15) is 0 Å². The van der Waals surface area contributed by atoms with Gasteiger partial charge in [-0.3, -0.25) is 25.4 Å². The molecule has 0 aliphatic rings. The highest BCUT2D eigenvalue weighted by Gasteiger charge is 2.21. The first kappa shape index (κ1) is 17.0. The van der Waals surface area contributed by atoms with E-state index >= 15 is 0 Å². The van der Waals surface area contributed by atoms with Crippen LogP contribution < -0.4 is 10.9 Å². The number of hydrogen-bond donors (Lipinski definition) is 2. The van der Waals surface area contributed by atoms with Crippen molar-refractivity contribution in [3.8, 4) is 0 Å². The van der Waals surface area contributed by atoms with E-state index in [2.05, 4.69) is 15.8 Å². The lowest BCUT2D eigenvalue weighted by molar-refractivity contribution is 0.0846. The van der Waals surface area contributed by atoms with Crippen LogP contribution in [-0.2, 0) is 11.3 Å². The molecule has 6 nitrogen and oxygen atoms in total. The number of methoxy groups -OCH3 is 1. The number of fused-ring (bicyclic) bond motifs is 1. The molecule has 2 heterocycles. The van der Waals surface area contributed by atoms with Gasteiger partial charge in [-0.15, -0.1) is 11.3 Å². The Morgan fingerprint density at radius 1 is 1.20 bits per heavy atom. The summed E-state index contributed by atoms with van der Waals surface area (Å²) in [5.41, 5.74) is 5.42. The molecule has 3 rings (SSSR count). The fourth-order valence-electron chi connectivity index (χ4n) is 2.37. The van der Waals surface area contributed by atoms with Crippen molar-refractivity contribution in [2.24, 2.45) is 0 Å². The number of amides is 2.